The first kappa shape index (κ1) is 12.5. The second-order valence-corrected chi connectivity index (χ2v) is 5.46. The lowest BCUT2D eigenvalue weighted by molar-refractivity contribution is -0.131. The Kier molecular flexibility index (Phi) is 3.01. The molecule has 2 aliphatic rings. The van der Waals surface area contributed by atoms with Gasteiger partial charge in [0.1, 0.15) is 0 Å². The molecule has 2 fully saturated rings. The van der Waals surface area contributed by atoms with Crippen molar-refractivity contribution in [3.8, 4) is 0 Å². The predicted molar refractivity (Wildman–Crippen MR) is 66.4 cm³/mol. The van der Waals surface area contributed by atoms with E-state index in [2.05, 4.69) is 0 Å². The number of carbonyl (C=O) groups excluding carboxylic acids is 1. The second-order valence-electron chi connectivity index (χ2n) is 5.46. The third kappa shape index (κ3) is 2.34. The highest BCUT2D eigenvalue weighted by Crippen LogP contribution is 2.48. The van der Waals surface area contributed by atoms with Crippen molar-refractivity contribution >= 4 is 5.91 Å². The van der Waals surface area contributed by atoms with Crippen LogP contribution >= 0.6 is 0 Å². The molecule has 3 unspecified atom stereocenters. The fourth-order valence-corrected chi connectivity index (χ4v) is 2.80. The number of halogens is 2. The van der Waals surface area contributed by atoms with Crippen molar-refractivity contribution in [3.05, 3.63) is 35.4 Å². The van der Waals surface area contributed by atoms with Crippen molar-refractivity contribution in [1.29, 1.82) is 0 Å². The standard InChI is InChI=1S/C14H16F2N2O/c15-12-2-1-8(5-13(12)16)10-6-11(10)14(19)18-4-3-9(17)7-18/h1-2,5,9-11H,3-4,6-7,17H2. The van der Waals surface area contributed by atoms with Crippen LogP contribution in [0.25, 0.3) is 0 Å². The number of nitrogens with zero attached hydrogens (tertiary/aromatic N) is 1. The van der Waals surface area contributed by atoms with Gasteiger partial charge in [0.15, 0.2) is 11.6 Å². The Labute approximate surface area is 110 Å². The van der Waals surface area contributed by atoms with Crippen molar-refractivity contribution in [3.63, 3.8) is 0 Å². The van der Waals surface area contributed by atoms with Gasteiger partial charge < -0.3 is 10.6 Å². The number of amides is 1. The molecule has 3 rings (SSSR count). The highest BCUT2D eigenvalue weighted by molar-refractivity contribution is 5.83. The van der Waals surface area contributed by atoms with Crippen molar-refractivity contribution in [2.24, 2.45) is 11.7 Å². The van der Waals surface area contributed by atoms with Crippen molar-refractivity contribution < 1.29 is 13.6 Å². The van der Waals surface area contributed by atoms with Crippen molar-refractivity contribution in [1.82, 2.24) is 4.90 Å². The van der Waals surface area contributed by atoms with Gasteiger partial charge >= 0.3 is 0 Å². The molecule has 0 bridgehead atoms. The molecule has 1 aliphatic carbocycles. The van der Waals surface area contributed by atoms with E-state index in [-0.39, 0.29) is 23.8 Å². The summed E-state index contributed by atoms with van der Waals surface area (Å²) in [6.45, 7) is 1.32. The Morgan fingerprint density at radius 3 is 2.74 bits per heavy atom. The smallest absolute Gasteiger partial charge is 0.226 e. The van der Waals surface area contributed by atoms with E-state index in [0.29, 0.717) is 18.7 Å². The van der Waals surface area contributed by atoms with Gasteiger partial charge in [-0.05, 0) is 36.5 Å². The molecule has 19 heavy (non-hydrogen) atoms. The van der Waals surface area contributed by atoms with Crippen LogP contribution in [0.4, 0.5) is 8.78 Å². The van der Waals surface area contributed by atoms with Crippen LogP contribution in [0.2, 0.25) is 0 Å². The maximum absolute atomic E-state index is 13.2. The zero-order valence-corrected chi connectivity index (χ0v) is 10.5. The molecule has 102 valence electrons. The third-order valence-corrected chi connectivity index (χ3v) is 4.02. The Bertz CT molecular complexity index is 520. The van der Waals surface area contributed by atoms with Crippen LogP contribution in [0.15, 0.2) is 18.2 Å². The average Bonchev–Trinajstić information content (AvgIpc) is 3.07. The summed E-state index contributed by atoms with van der Waals surface area (Å²) in [5.74, 6) is -1.66. The summed E-state index contributed by atoms with van der Waals surface area (Å²) in [4.78, 5) is 14.0. The van der Waals surface area contributed by atoms with Crippen LogP contribution in [-0.2, 0) is 4.79 Å². The molecular weight excluding hydrogens is 250 g/mol. The quantitative estimate of drug-likeness (QED) is 0.884. The van der Waals surface area contributed by atoms with Gasteiger partial charge in [0.2, 0.25) is 5.91 Å². The van der Waals surface area contributed by atoms with E-state index in [1.165, 1.54) is 6.07 Å². The van der Waals surface area contributed by atoms with E-state index in [0.717, 1.165) is 18.9 Å². The molecule has 1 saturated heterocycles. The lowest BCUT2D eigenvalue weighted by Gasteiger charge is -2.15. The highest BCUT2D eigenvalue weighted by Gasteiger charge is 2.46. The summed E-state index contributed by atoms with van der Waals surface area (Å²) in [5, 5.41) is 0. The first-order valence-electron chi connectivity index (χ1n) is 6.55. The highest BCUT2D eigenvalue weighted by atomic mass is 19.2. The summed E-state index contributed by atoms with van der Waals surface area (Å²) in [7, 11) is 0. The van der Waals surface area contributed by atoms with Crippen LogP contribution in [0.3, 0.4) is 0 Å². The number of hydrogen-bond donors (Lipinski definition) is 1. The SMILES string of the molecule is NC1CCN(C(=O)C2CC2c2ccc(F)c(F)c2)C1. The summed E-state index contributed by atoms with van der Waals surface area (Å²) >= 11 is 0. The molecule has 0 spiro atoms. The van der Waals surface area contributed by atoms with Crippen LogP contribution in [0.5, 0.6) is 0 Å². The molecule has 1 aromatic carbocycles. The van der Waals surface area contributed by atoms with Crippen LogP contribution in [0, 0.1) is 17.6 Å². The minimum Gasteiger partial charge on any atom is -0.341 e. The normalized spacial score (nSPS) is 29.6. The van der Waals surface area contributed by atoms with Gasteiger partial charge in [-0.25, -0.2) is 8.78 Å². The molecule has 1 saturated carbocycles. The molecule has 0 aromatic heterocycles. The molecule has 2 N–H and O–H groups in total. The molecule has 1 aromatic rings. The number of carbonyl (C=O) groups is 1. The van der Waals surface area contributed by atoms with Crippen LogP contribution in [0.1, 0.15) is 24.3 Å². The topological polar surface area (TPSA) is 46.3 Å². The van der Waals surface area contributed by atoms with E-state index < -0.39 is 11.6 Å². The predicted octanol–water partition coefficient (Wildman–Crippen LogP) is 1.63. The lowest BCUT2D eigenvalue weighted by atomic mass is 10.1. The Morgan fingerprint density at radius 1 is 1.32 bits per heavy atom. The minimum absolute atomic E-state index is 0.0272. The molecule has 1 amide bonds. The van der Waals surface area contributed by atoms with E-state index in [9.17, 15) is 13.6 Å². The van der Waals surface area contributed by atoms with Gasteiger partial charge in [-0.1, -0.05) is 6.07 Å². The van der Waals surface area contributed by atoms with Gasteiger partial charge in [0.05, 0.1) is 0 Å². The van der Waals surface area contributed by atoms with Crippen molar-refractivity contribution in [2.75, 3.05) is 13.1 Å². The van der Waals surface area contributed by atoms with Gasteiger partial charge in [0.25, 0.3) is 0 Å². The Balaban J connectivity index is 1.67. The lowest BCUT2D eigenvalue weighted by Crippen LogP contribution is -2.33. The summed E-state index contributed by atoms with van der Waals surface area (Å²) in [5.41, 5.74) is 6.49. The summed E-state index contributed by atoms with van der Waals surface area (Å²) in [6, 6.07) is 3.95. The van der Waals surface area contributed by atoms with E-state index in [4.69, 9.17) is 5.73 Å². The van der Waals surface area contributed by atoms with Crippen LogP contribution in [-0.4, -0.2) is 29.9 Å². The van der Waals surface area contributed by atoms with Crippen LogP contribution < -0.4 is 5.73 Å². The fraction of sp³-hybridized carbons (Fsp3) is 0.500. The van der Waals surface area contributed by atoms with E-state index in [1.54, 1.807) is 11.0 Å². The number of rotatable bonds is 2. The zero-order chi connectivity index (χ0) is 13.6. The molecule has 1 heterocycles. The van der Waals surface area contributed by atoms with Gasteiger partial charge in [-0.3, -0.25) is 4.79 Å². The molecule has 1 aliphatic heterocycles. The number of nitrogens with two attached hydrogens (primary N) is 1. The zero-order valence-electron chi connectivity index (χ0n) is 10.5. The fourth-order valence-electron chi connectivity index (χ4n) is 2.80. The summed E-state index contributed by atoms with van der Waals surface area (Å²) < 4.78 is 26.0. The van der Waals surface area contributed by atoms with E-state index >= 15 is 0 Å². The largest absolute Gasteiger partial charge is 0.341 e. The Hall–Kier alpha value is -1.49. The third-order valence-electron chi connectivity index (χ3n) is 4.02. The maximum atomic E-state index is 13.2. The first-order chi connectivity index (χ1) is 9.06. The Morgan fingerprint density at radius 2 is 2.11 bits per heavy atom. The minimum atomic E-state index is -0.849. The molecular formula is C14H16F2N2O. The van der Waals surface area contributed by atoms with Gasteiger partial charge in [-0.2, -0.15) is 0 Å². The summed E-state index contributed by atoms with van der Waals surface area (Å²) in [6.07, 6.45) is 1.56. The number of hydrogen-bond acceptors (Lipinski definition) is 2. The molecule has 3 nitrogen and oxygen atoms in total. The van der Waals surface area contributed by atoms with E-state index in [1.807, 2.05) is 0 Å². The number of likely N-dealkylation sites (tertiary alicyclic amines) is 1. The van der Waals surface area contributed by atoms with Gasteiger partial charge in [0, 0.05) is 25.0 Å². The van der Waals surface area contributed by atoms with Crippen molar-refractivity contribution in [2.45, 2.75) is 24.8 Å². The average molecular weight is 266 g/mol. The molecule has 0 radical (unpaired) electrons. The molecule has 3 atom stereocenters. The first-order valence-corrected chi connectivity index (χ1v) is 6.55. The maximum Gasteiger partial charge on any atom is 0.226 e. The number of benzene rings is 1. The monoisotopic (exact) mass is 266 g/mol. The van der Waals surface area contributed by atoms with Gasteiger partial charge in [-0.15, -0.1) is 0 Å². The molecule has 5 heteroatoms. The second kappa shape index (κ2) is 4.56.